The average Bonchev–Trinajstić information content (AvgIpc) is 3.05. The van der Waals surface area contributed by atoms with Crippen LogP contribution in [0.5, 0.6) is 0 Å². The maximum Gasteiger partial charge on any atom is 0.0613 e. The van der Waals surface area contributed by atoms with Crippen molar-refractivity contribution in [1.82, 2.24) is 14.8 Å². The fourth-order valence-electron chi connectivity index (χ4n) is 5.65. The van der Waals surface area contributed by atoms with Crippen LogP contribution in [0.15, 0.2) is 12.1 Å². The van der Waals surface area contributed by atoms with Gasteiger partial charge < -0.3 is 14.8 Å². The number of likely N-dealkylation sites (tertiary alicyclic amines) is 1. The summed E-state index contributed by atoms with van der Waals surface area (Å²) in [5.41, 5.74) is 4.05. The van der Waals surface area contributed by atoms with Crippen molar-refractivity contribution < 1.29 is 0 Å². The summed E-state index contributed by atoms with van der Waals surface area (Å²) in [5, 5.41) is 2.58. The van der Waals surface area contributed by atoms with E-state index in [9.17, 15) is 0 Å². The molecular formula is C22H29Cl2N3S. The number of benzene rings is 1. The molecule has 1 aromatic carbocycles. The molecule has 2 aliphatic heterocycles. The Morgan fingerprint density at radius 3 is 2.64 bits per heavy atom. The van der Waals surface area contributed by atoms with Gasteiger partial charge in [-0.05, 0) is 54.8 Å². The summed E-state index contributed by atoms with van der Waals surface area (Å²) in [6.07, 6.45) is 2.49. The lowest BCUT2D eigenvalue weighted by atomic mass is 9.68. The fourth-order valence-corrected chi connectivity index (χ4v) is 6.96. The number of nitrogens with one attached hydrogen (secondary N) is 1. The molecule has 0 radical (unpaired) electrons. The van der Waals surface area contributed by atoms with E-state index in [1.807, 2.05) is 6.07 Å². The van der Waals surface area contributed by atoms with Crippen molar-refractivity contribution in [3.8, 4) is 0 Å². The molecule has 2 unspecified atom stereocenters. The van der Waals surface area contributed by atoms with Gasteiger partial charge in [0.05, 0.1) is 10.0 Å². The van der Waals surface area contributed by atoms with E-state index >= 15 is 0 Å². The highest BCUT2D eigenvalue weighted by molar-refractivity contribution is 7.99. The minimum absolute atomic E-state index is 0.564. The molecule has 3 nitrogen and oxygen atoms in total. The molecule has 0 bridgehead atoms. The number of rotatable bonds is 3. The largest absolute Gasteiger partial charge is 0.358 e. The highest BCUT2D eigenvalue weighted by atomic mass is 35.5. The Balaban J connectivity index is 1.33. The molecule has 3 aliphatic rings. The summed E-state index contributed by atoms with van der Waals surface area (Å²) in [5.74, 6) is 4.71. The second kappa shape index (κ2) is 8.03. The number of piperidine rings is 1. The van der Waals surface area contributed by atoms with E-state index in [0.29, 0.717) is 16.0 Å². The molecule has 2 aromatic rings. The molecule has 2 saturated heterocycles. The third kappa shape index (κ3) is 3.60. The van der Waals surface area contributed by atoms with Crippen molar-refractivity contribution in [2.45, 2.75) is 25.7 Å². The molecular weight excluding hydrogens is 409 g/mol. The highest BCUT2D eigenvalue weighted by Gasteiger charge is 2.39. The predicted molar refractivity (Wildman–Crippen MR) is 122 cm³/mol. The number of thioether (sulfide) groups is 1. The highest BCUT2D eigenvalue weighted by Crippen LogP contribution is 2.47. The third-order valence-electron chi connectivity index (χ3n) is 7.25. The second-order valence-corrected chi connectivity index (χ2v) is 10.8. The van der Waals surface area contributed by atoms with Crippen molar-refractivity contribution in [2.75, 3.05) is 50.8 Å². The van der Waals surface area contributed by atoms with E-state index in [-0.39, 0.29) is 0 Å². The first-order chi connectivity index (χ1) is 13.6. The Bertz CT molecular complexity index is 861. The molecule has 1 aromatic heterocycles. The summed E-state index contributed by atoms with van der Waals surface area (Å²) < 4.78 is 0. The standard InChI is InChI=1S/C22H29Cl2N3S/c1-14-17-13-27(5-4-26-6-8-28-9-7-26)3-2-15(17)10-21-22(14)16-11-18(23)19(24)12-20(16)25-21/h11-12,14-15,17,25H,2-10,13H2,1H3/t14?,15-,17?/m0/s1. The lowest BCUT2D eigenvalue weighted by Crippen LogP contribution is -2.48. The number of nitrogens with zero attached hydrogens (tertiary/aromatic N) is 2. The Kier molecular flexibility index (Phi) is 5.61. The number of aromatic amines is 1. The van der Waals surface area contributed by atoms with E-state index in [2.05, 4.69) is 39.5 Å². The zero-order valence-electron chi connectivity index (χ0n) is 16.5. The first-order valence-electron chi connectivity index (χ1n) is 10.6. The molecule has 5 rings (SSSR count). The van der Waals surface area contributed by atoms with E-state index in [1.165, 1.54) is 80.3 Å². The van der Waals surface area contributed by atoms with Crippen LogP contribution in [-0.2, 0) is 6.42 Å². The van der Waals surface area contributed by atoms with Gasteiger partial charge in [0.2, 0.25) is 0 Å². The van der Waals surface area contributed by atoms with Crippen molar-refractivity contribution >= 4 is 45.9 Å². The second-order valence-electron chi connectivity index (χ2n) is 8.79. The zero-order chi connectivity index (χ0) is 19.3. The molecule has 6 heteroatoms. The molecule has 1 N–H and O–H groups in total. The molecule has 3 atom stereocenters. The van der Waals surface area contributed by atoms with Crippen LogP contribution >= 0.6 is 35.0 Å². The Labute approximate surface area is 182 Å². The Morgan fingerprint density at radius 2 is 1.82 bits per heavy atom. The summed E-state index contributed by atoms with van der Waals surface area (Å²) in [6, 6.07) is 4.07. The Hall–Kier alpha value is -0.390. The van der Waals surface area contributed by atoms with E-state index in [0.717, 1.165) is 17.4 Å². The molecule has 28 heavy (non-hydrogen) atoms. The predicted octanol–water partition coefficient (Wildman–Crippen LogP) is 5.12. The van der Waals surface area contributed by atoms with Gasteiger partial charge in [-0.1, -0.05) is 30.1 Å². The van der Waals surface area contributed by atoms with Gasteiger partial charge >= 0.3 is 0 Å². The van der Waals surface area contributed by atoms with Crippen LogP contribution in [0, 0.1) is 11.8 Å². The topological polar surface area (TPSA) is 22.3 Å². The number of halogens is 2. The van der Waals surface area contributed by atoms with Gasteiger partial charge in [0, 0.05) is 60.8 Å². The molecule has 152 valence electrons. The van der Waals surface area contributed by atoms with Crippen molar-refractivity contribution in [2.24, 2.45) is 11.8 Å². The molecule has 0 spiro atoms. The van der Waals surface area contributed by atoms with Gasteiger partial charge in [0.25, 0.3) is 0 Å². The number of hydrogen-bond acceptors (Lipinski definition) is 3. The quantitative estimate of drug-likeness (QED) is 0.719. The normalized spacial score (nSPS) is 29.0. The van der Waals surface area contributed by atoms with Crippen LogP contribution in [0.3, 0.4) is 0 Å². The van der Waals surface area contributed by atoms with Crippen molar-refractivity contribution in [3.63, 3.8) is 0 Å². The van der Waals surface area contributed by atoms with Crippen LogP contribution in [-0.4, -0.2) is 65.6 Å². The number of aromatic nitrogens is 1. The van der Waals surface area contributed by atoms with E-state index in [4.69, 9.17) is 23.2 Å². The van der Waals surface area contributed by atoms with Crippen molar-refractivity contribution in [1.29, 1.82) is 0 Å². The lowest BCUT2D eigenvalue weighted by molar-refractivity contribution is 0.0868. The molecule has 0 amide bonds. The van der Waals surface area contributed by atoms with Gasteiger partial charge in [-0.2, -0.15) is 11.8 Å². The fraction of sp³-hybridized carbons (Fsp3) is 0.636. The number of hydrogen-bond donors (Lipinski definition) is 1. The first kappa shape index (κ1) is 19.6. The Morgan fingerprint density at radius 1 is 1.07 bits per heavy atom. The van der Waals surface area contributed by atoms with E-state index in [1.54, 1.807) is 0 Å². The van der Waals surface area contributed by atoms with Gasteiger partial charge in [-0.25, -0.2) is 0 Å². The van der Waals surface area contributed by atoms with Gasteiger partial charge in [-0.3, -0.25) is 0 Å². The van der Waals surface area contributed by atoms with Crippen LogP contribution in [0.25, 0.3) is 10.9 Å². The van der Waals surface area contributed by atoms with Crippen LogP contribution < -0.4 is 0 Å². The van der Waals surface area contributed by atoms with Gasteiger partial charge in [0.1, 0.15) is 0 Å². The maximum atomic E-state index is 6.35. The summed E-state index contributed by atoms with van der Waals surface area (Å²) in [7, 11) is 0. The summed E-state index contributed by atoms with van der Waals surface area (Å²) in [6.45, 7) is 9.91. The smallest absolute Gasteiger partial charge is 0.0613 e. The van der Waals surface area contributed by atoms with Crippen molar-refractivity contribution in [3.05, 3.63) is 33.4 Å². The monoisotopic (exact) mass is 437 g/mol. The van der Waals surface area contributed by atoms with Crippen LogP contribution in [0.1, 0.15) is 30.5 Å². The van der Waals surface area contributed by atoms with Gasteiger partial charge in [-0.15, -0.1) is 0 Å². The molecule has 0 saturated carbocycles. The van der Waals surface area contributed by atoms with Crippen LogP contribution in [0.4, 0.5) is 0 Å². The minimum Gasteiger partial charge on any atom is -0.358 e. The summed E-state index contributed by atoms with van der Waals surface area (Å²) >= 11 is 14.7. The average molecular weight is 438 g/mol. The van der Waals surface area contributed by atoms with Gasteiger partial charge in [0.15, 0.2) is 0 Å². The van der Waals surface area contributed by atoms with E-state index < -0.39 is 0 Å². The number of H-pyrrole nitrogens is 1. The summed E-state index contributed by atoms with van der Waals surface area (Å²) in [4.78, 5) is 9.04. The third-order valence-corrected chi connectivity index (χ3v) is 8.92. The first-order valence-corrected chi connectivity index (χ1v) is 12.5. The number of fused-ring (bicyclic) bond motifs is 4. The maximum absolute atomic E-state index is 6.35. The lowest BCUT2D eigenvalue weighted by Gasteiger charge is -2.45. The zero-order valence-corrected chi connectivity index (χ0v) is 18.8. The van der Waals surface area contributed by atoms with Crippen LogP contribution in [0.2, 0.25) is 10.0 Å². The molecule has 1 aliphatic carbocycles. The SMILES string of the molecule is CC1c2c([nH]c3cc(Cl)c(Cl)cc23)C[C@@H]2CCN(CCN3CCSCC3)CC12. The molecule has 3 heterocycles. The minimum atomic E-state index is 0.564. The molecule has 2 fully saturated rings.